The lowest BCUT2D eigenvalue weighted by Crippen LogP contribution is -2.30. The fourth-order valence-electron chi connectivity index (χ4n) is 3.29. The third-order valence-electron chi connectivity index (χ3n) is 5.17. The molecule has 0 aliphatic rings. The molecule has 9 heteroatoms. The number of benzene rings is 2. The highest BCUT2D eigenvalue weighted by Crippen LogP contribution is 2.27. The van der Waals surface area contributed by atoms with Crippen LogP contribution in [0.2, 0.25) is 0 Å². The monoisotopic (exact) mass is 474 g/mol. The standard InChI is InChI=1S/C24H34N4O4S/c1-5-8-14-25-22-13-12-21(33(31,32)28(6-2)7-3)16-23(22)26-17-24(30)27-20-11-9-10-19(15-20)18(4)29/h9-13,15-16,25-26H,5-8,14,17H2,1-4H3,(H,27,30). The molecule has 0 fully saturated rings. The van der Waals surface area contributed by atoms with Gasteiger partial charge in [0, 0.05) is 30.9 Å². The van der Waals surface area contributed by atoms with E-state index in [0.29, 0.717) is 30.0 Å². The van der Waals surface area contributed by atoms with Gasteiger partial charge in [-0.25, -0.2) is 8.42 Å². The van der Waals surface area contributed by atoms with E-state index in [4.69, 9.17) is 0 Å². The first-order valence-corrected chi connectivity index (χ1v) is 12.7. The van der Waals surface area contributed by atoms with Crippen molar-refractivity contribution in [2.24, 2.45) is 0 Å². The highest BCUT2D eigenvalue weighted by Gasteiger charge is 2.22. The number of nitrogens with one attached hydrogen (secondary N) is 3. The molecule has 2 aromatic carbocycles. The van der Waals surface area contributed by atoms with E-state index in [1.807, 2.05) is 0 Å². The van der Waals surface area contributed by atoms with Crippen molar-refractivity contribution in [1.29, 1.82) is 0 Å². The van der Waals surface area contributed by atoms with Crippen LogP contribution in [0.3, 0.4) is 0 Å². The molecule has 2 rings (SSSR count). The van der Waals surface area contributed by atoms with Crippen molar-refractivity contribution in [1.82, 2.24) is 4.31 Å². The molecule has 0 heterocycles. The van der Waals surface area contributed by atoms with Gasteiger partial charge in [-0.2, -0.15) is 4.31 Å². The van der Waals surface area contributed by atoms with Crippen LogP contribution in [0.25, 0.3) is 0 Å². The number of hydrogen-bond donors (Lipinski definition) is 3. The third-order valence-corrected chi connectivity index (χ3v) is 7.22. The predicted molar refractivity (Wildman–Crippen MR) is 134 cm³/mol. The zero-order valence-electron chi connectivity index (χ0n) is 19.8. The second kappa shape index (κ2) is 12.4. The largest absolute Gasteiger partial charge is 0.383 e. The number of carbonyl (C=O) groups excluding carboxylic acids is 2. The van der Waals surface area contributed by atoms with Crippen LogP contribution in [0.4, 0.5) is 17.1 Å². The van der Waals surface area contributed by atoms with Crippen LogP contribution in [-0.2, 0) is 14.8 Å². The Labute approximate surface area is 196 Å². The number of amides is 1. The van der Waals surface area contributed by atoms with E-state index in [1.54, 1.807) is 56.3 Å². The first kappa shape index (κ1) is 26.3. The van der Waals surface area contributed by atoms with Gasteiger partial charge in [0.05, 0.1) is 22.8 Å². The molecule has 0 bridgehead atoms. The van der Waals surface area contributed by atoms with E-state index in [-0.39, 0.29) is 23.1 Å². The van der Waals surface area contributed by atoms with Gasteiger partial charge in [0.1, 0.15) is 0 Å². The summed E-state index contributed by atoms with van der Waals surface area (Å²) in [6, 6.07) is 11.6. The number of carbonyl (C=O) groups is 2. The lowest BCUT2D eigenvalue weighted by atomic mass is 10.1. The highest BCUT2D eigenvalue weighted by atomic mass is 32.2. The molecule has 33 heavy (non-hydrogen) atoms. The molecular weight excluding hydrogens is 440 g/mol. The van der Waals surface area contributed by atoms with Gasteiger partial charge in [0.2, 0.25) is 15.9 Å². The Morgan fingerprint density at radius 2 is 1.67 bits per heavy atom. The van der Waals surface area contributed by atoms with Crippen molar-refractivity contribution in [2.45, 2.75) is 45.4 Å². The van der Waals surface area contributed by atoms with Gasteiger partial charge in [-0.3, -0.25) is 9.59 Å². The number of unbranched alkanes of at least 4 members (excludes halogenated alkanes) is 1. The second-order valence-corrected chi connectivity index (χ2v) is 9.55. The van der Waals surface area contributed by atoms with Crippen LogP contribution in [0, 0.1) is 0 Å². The number of anilines is 3. The Bertz CT molecular complexity index is 1070. The summed E-state index contributed by atoms with van der Waals surface area (Å²) in [5.74, 6) is -0.398. The maximum Gasteiger partial charge on any atom is 0.243 e. The number of hydrogen-bond acceptors (Lipinski definition) is 6. The predicted octanol–water partition coefficient (Wildman–Crippen LogP) is 4.18. The lowest BCUT2D eigenvalue weighted by molar-refractivity contribution is -0.114. The van der Waals surface area contributed by atoms with E-state index in [2.05, 4.69) is 22.9 Å². The van der Waals surface area contributed by atoms with Crippen LogP contribution in [0.1, 0.15) is 50.9 Å². The van der Waals surface area contributed by atoms with Gasteiger partial charge in [-0.15, -0.1) is 0 Å². The van der Waals surface area contributed by atoms with E-state index in [1.165, 1.54) is 11.2 Å². The fraction of sp³-hybridized carbons (Fsp3) is 0.417. The first-order chi connectivity index (χ1) is 15.7. The van der Waals surface area contributed by atoms with Crippen molar-refractivity contribution >= 4 is 38.8 Å². The van der Waals surface area contributed by atoms with Crippen molar-refractivity contribution in [3.05, 3.63) is 48.0 Å². The van der Waals surface area contributed by atoms with Crippen LogP contribution >= 0.6 is 0 Å². The molecule has 0 aromatic heterocycles. The summed E-state index contributed by atoms with van der Waals surface area (Å²) in [6.45, 7) is 8.57. The Kier molecular flexibility index (Phi) is 9.87. The molecule has 0 spiro atoms. The minimum atomic E-state index is -3.63. The molecule has 0 unspecified atom stereocenters. The van der Waals surface area contributed by atoms with Crippen molar-refractivity contribution in [3.63, 3.8) is 0 Å². The molecule has 180 valence electrons. The Morgan fingerprint density at radius 1 is 0.939 bits per heavy atom. The van der Waals surface area contributed by atoms with Crippen LogP contribution in [0.5, 0.6) is 0 Å². The smallest absolute Gasteiger partial charge is 0.243 e. The number of Topliss-reactive ketones (excluding diaryl/α,β-unsaturated/α-hetero) is 1. The van der Waals surface area contributed by atoms with Crippen LogP contribution in [0.15, 0.2) is 47.4 Å². The number of sulfonamides is 1. The number of ketones is 1. The molecular formula is C24H34N4O4S. The van der Waals surface area contributed by atoms with Crippen LogP contribution in [-0.4, -0.2) is 50.6 Å². The normalized spacial score (nSPS) is 11.3. The molecule has 8 nitrogen and oxygen atoms in total. The topological polar surface area (TPSA) is 108 Å². The summed E-state index contributed by atoms with van der Waals surface area (Å²) in [6.07, 6.45) is 1.98. The molecule has 0 saturated heterocycles. The zero-order valence-corrected chi connectivity index (χ0v) is 20.6. The number of nitrogens with zero attached hydrogens (tertiary/aromatic N) is 1. The summed E-state index contributed by atoms with van der Waals surface area (Å²) in [7, 11) is -3.63. The molecule has 0 radical (unpaired) electrons. The Balaban J connectivity index is 2.21. The Morgan fingerprint density at radius 3 is 2.30 bits per heavy atom. The van der Waals surface area contributed by atoms with Gasteiger partial charge in [0.25, 0.3) is 0 Å². The van der Waals surface area contributed by atoms with E-state index in [9.17, 15) is 18.0 Å². The highest BCUT2D eigenvalue weighted by molar-refractivity contribution is 7.89. The van der Waals surface area contributed by atoms with Crippen LogP contribution < -0.4 is 16.0 Å². The Hall–Kier alpha value is -2.91. The quantitative estimate of drug-likeness (QED) is 0.297. The summed E-state index contributed by atoms with van der Waals surface area (Å²) >= 11 is 0. The fourth-order valence-corrected chi connectivity index (χ4v) is 4.78. The lowest BCUT2D eigenvalue weighted by Gasteiger charge is -2.20. The molecule has 0 atom stereocenters. The maximum absolute atomic E-state index is 13.0. The van der Waals surface area contributed by atoms with Gasteiger partial charge in [-0.05, 0) is 43.7 Å². The molecule has 3 N–H and O–H groups in total. The van der Waals surface area contributed by atoms with E-state index >= 15 is 0 Å². The zero-order chi connectivity index (χ0) is 24.4. The van der Waals surface area contributed by atoms with Crippen molar-refractivity contribution in [2.75, 3.05) is 42.1 Å². The molecule has 0 saturated carbocycles. The van der Waals surface area contributed by atoms with Gasteiger partial charge < -0.3 is 16.0 Å². The van der Waals surface area contributed by atoms with Gasteiger partial charge in [-0.1, -0.05) is 39.3 Å². The van der Waals surface area contributed by atoms with E-state index < -0.39 is 10.0 Å². The maximum atomic E-state index is 13.0. The summed E-state index contributed by atoms with van der Waals surface area (Å²) in [5.41, 5.74) is 2.30. The van der Waals surface area contributed by atoms with Crippen molar-refractivity contribution in [3.8, 4) is 0 Å². The SMILES string of the molecule is CCCCNc1ccc(S(=O)(=O)N(CC)CC)cc1NCC(=O)Nc1cccc(C(C)=O)c1. The third kappa shape index (κ3) is 7.30. The summed E-state index contributed by atoms with van der Waals surface area (Å²) in [5, 5.41) is 9.12. The van der Waals surface area contributed by atoms with Gasteiger partial charge in [0.15, 0.2) is 5.78 Å². The summed E-state index contributed by atoms with van der Waals surface area (Å²) in [4.78, 5) is 24.2. The molecule has 0 aliphatic carbocycles. The minimum absolute atomic E-state index is 0.0679. The molecule has 1 amide bonds. The second-order valence-electron chi connectivity index (χ2n) is 7.62. The average molecular weight is 475 g/mol. The number of rotatable bonds is 13. The first-order valence-electron chi connectivity index (χ1n) is 11.3. The molecule has 2 aromatic rings. The van der Waals surface area contributed by atoms with Gasteiger partial charge >= 0.3 is 0 Å². The average Bonchev–Trinajstić information content (AvgIpc) is 2.79. The van der Waals surface area contributed by atoms with E-state index in [0.717, 1.165) is 25.1 Å². The van der Waals surface area contributed by atoms with Crippen molar-refractivity contribution < 1.29 is 18.0 Å². The molecule has 0 aliphatic heterocycles. The minimum Gasteiger partial charge on any atom is -0.383 e. The summed E-state index contributed by atoms with van der Waals surface area (Å²) < 4.78 is 27.3.